The van der Waals surface area contributed by atoms with Gasteiger partial charge in [0.05, 0.1) is 6.10 Å². The predicted octanol–water partition coefficient (Wildman–Crippen LogP) is 5.36. The van der Waals surface area contributed by atoms with Crippen LogP contribution in [0.5, 0.6) is 0 Å². The van der Waals surface area contributed by atoms with Crippen LogP contribution in [0.4, 0.5) is 0 Å². The SMILES string of the molecule is C=CCCC/C(C)=C/C(O)C1C[C@H](C)CC[C@H]1C(C)C. The normalized spacial score (nSPS) is 29.5. The van der Waals surface area contributed by atoms with E-state index in [0.717, 1.165) is 25.2 Å². The first-order valence-corrected chi connectivity index (χ1v) is 8.42. The summed E-state index contributed by atoms with van der Waals surface area (Å²) in [7, 11) is 0. The van der Waals surface area contributed by atoms with Crippen molar-refractivity contribution in [2.45, 2.75) is 72.3 Å². The van der Waals surface area contributed by atoms with Crippen molar-refractivity contribution in [2.75, 3.05) is 0 Å². The maximum absolute atomic E-state index is 10.6. The van der Waals surface area contributed by atoms with Crippen molar-refractivity contribution in [3.63, 3.8) is 0 Å². The molecule has 0 saturated heterocycles. The van der Waals surface area contributed by atoms with Crippen LogP contribution in [0.1, 0.15) is 66.2 Å². The molecular formula is C19H34O. The predicted molar refractivity (Wildman–Crippen MR) is 88.6 cm³/mol. The third-order valence-corrected chi connectivity index (χ3v) is 4.95. The zero-order valence-corrected chi connectivity index (χ0v) is 13.9. The van der Waals surface area contributed by atoms with Gasteiger partial charge in [0.25, 0.3) is 0 Å². The number of allylic oxidation sites excluding steroid dienone is 2. The van der Waals surface area contributed by atoms with Gasteiger partial charge in [-0.15, -0.1) is 6.58 Å². The molecule has 20 heavy (non-hydrogen) atoms. The Labute approximate surface area is 126 Å². The molecule has 1 aliphatic rings. The van der Waals surface area contributed by atoms with E-state index in [1.165, 1.54) is 24.8 Å². The molecule has 0 amide bonds. The molecule has 1 rings (SSSR count). The van der Waals surface area contributed by atoms with Crippen molar-refractivity contribution in [3.8, 4) is 0 Å². The van der Waals surface area contributed by atoms with E-state index in [4.69, 9.17) is 0 Å². The minimum Gasteiger partial charge on any atom is -0.389 e. The first kappa shape index (κ1) is 17.5. The molecule has 4 atom stereocenters. The Hall–Kier alpha value is -0.560. The summed E-state index contributed by atoms with van der Waals surface area (Å²) in [6.45, 7) is 12.9. The van der Waals surface area contributed by atoms with Gasteiger partial charge in [-0.25, -0.2) is 0 Å². The van der Waals surface area contributed by atoms with Crippen LogP contribution < -0.4 is 0 Å². The van der Waals surface area contributed by atoms with Gasteiger partial charge in [0.15, 0.2) is 0 Å². The summed E-state index contributed by atoms with van der Waals surface area (Å²) >= 11 is 0. The van der Waals surface area contributed by atoms with Crippen LogP contribution in [0.2, 0.25) is 0 Å². The highest BCUT2D eigenvalue weighted by atomic mass is 16.3. The summed E-state index contributed by atoms with van der Waals surface area (Å²) in [6, 6.07) is 0. The average molecular weight is 278 g/mol. The molecule has 0 aliphatic heterocycles. The molecule has 1 saturated carbocycles. The van der Waals surface area contributed by atoms with E-state index < -0.39 is 0 Å². The van der Waals surface area contributed by atoms with Crippen molar-refractivity contribution in [1.29, 1.82) is 0 Å². The van der Waals surface area contributed by atoms with Gasteiger partial charge in [-0.05, 0) is 62.7 Å². The summed E-state index contributed by atoms with van der Waals surface area (Å²) in [4.78, 5) is 0. The summed E-state index contributed by atoms with van der Waals surface area (Å²) in [5, 5.41) is 10.6. The number of rotatable bonds is 7. The number of aliphatic hydroxyl groups is 1. The molecule has 1 aliphatic carbocycles. The van der Waals surface area contributed by atoms with Gasteiger partial charge in [0, 0.05) is 0 Å². The van der Waals surface area contributed by atoms with Crippen LogP contribution in [-0.4, -0.2) is 11.2 Å². The third kappa shape index (κ3) is 5.44. The molecule has 2 unspecified atom stereocenters. The van der Waals surface area contributed by atoms with Crippen LogP contribution in [0.3, 0.4) is 0 Å². The fourth-order valence-electron chi connectivity index (χ4n) is 3.69. The van der Waals surface area contributed by atoms with Crippen molar-refractivity contribution in [3.05, 3.63) is 24.3 Å². The quantitative estimate of drug-likeness (QED) is 0.491. The summed E-state index contributed by atoms with van der Waals surface area (Å²) < 4.78 is 0. The van der Waals surface area contributed by atoms with Crippen LogP contribution in [0.15, 0.2) is 24.3 Å². The molecule has 1 heteroatoms. The number of hydrogen-bond acceptors (Lipinski definition) is 1. The molecule has 0 bridgehead atoms. The van der Waals surface area contributed by atoms with Gasteiger partial charge in [-0.2, -0.15) is 0 Å². The van der Waals surface area contributed by atoms with E-state index in [1.807, 2.05) is 6.08 Å². The fourth-order valence-corrected chi connectivity index (χ4v) is 3.69. The Morgan fingerprint density at radius 1 is 1.30 bits per heavy atom. The van der Waals surface area contributed by atoms with E-state index in [9.17, 15) is 5.11 Å². The molecule has 0 heterocycles. The van der Waals surface area contributed by atoms with E-state index in [0.29, 0.717) is 17.8 Å². The van der Waals surface area contributed by atoms with E-state index >= 15 is 0 Å². The zero-order valence-electron chi connectivity index (χ0n) is 13.9. The summed E-state index contributed by atoms with van der Waals surface area (Å²) in [5.41, 5.74) is 1.33. The van der Waals surface area contributed by atoms with E-state index in [2.05, 4.69) is 40.3 Å². The minimum atomic E-state index is -0.256. The van der Waals surface area contributed by atoms with Gasteiger partial charge in [-0.3, -0.25) is 0 Å². The lowest BCUT2D eigenvalue weighted by Crippen LogP contribution is -2.35. The van der Waals surface area contributed by atoms with Crippen LogP contribution in [0.25, 0.3) is 0 Å². The van der Waals surface area contributed by atoms with Gasteiger partial charge >= 0.3 is 0 Å². The lowest BCUT2D eigenvalue weighted by Gasteiger charge is -2.39. The van der Waals surface area contributed by atoms with Gasteiger partial charge < -0.3 is 5.11 Å². The topological polar surface area (TPSA) is 20.2 Å². The second-order valence-corrected chi connectivity index (χ2v) is 7.17. The zero-order chi connectivity index (χ0) is 15.1. The Morgan fingerprint density at radius 2 is 2.00 bits per heavy atom. The highest BCUT2D eigenvalue weighted by Crippen LogP contribution is 2.40. The van der Waals surface area contributed by atoms with Crippen molar-refractivity contribution in [2.24, 2.45) is 23.7 Å². The fraction of sp³-hybridized carbons (Fsp3) is 0.789. The first-order valence-electron chi connectivity index (χ1n) is 8.42. The molecular weight excluding hydrogens is 244 g/mol. The van der Waals surface area contributed by atoms with Crippen molar-refractivity contribution in [1.82, 2.24) is 0 Å². The average Bonchev–Trinajstić information content (AvgIpc) is 2.38. The summed E-state index contributed by atoms with van der Waals surface area (Å²) in [5.74, 6) is 2.57. The minimum absolute atomic E-state index is 0.256. The third-order valence-electron chi connectivity index (χ3n) is 4.95. The van der Waals surface area contributed by atoms with Crippen LogP contribution in [0, 0.1) is 23.7 Å². The second-order valence-electron chi connectivity index (χ2n) is 7.17. The molecule has 0 aromatic rings. The molecule has 0 radical (unpaired) electrons. The van der Waals surface area contributed by atoms with Crippen LogP contribution in [-0.2, 0) is 0 Å². The van der Waals surface area contributed by atoms with Gasteiger partial charge in [0.2, 0.25) is 0 Å². The van der Waals surface area contributed by atoms with E-state index in [-0.39, 0.29) is 6.10 Å². The monoisotopic (exact) mass is 278 g/mol. The molecule has 0 aromatic carbocycles. The Kier molecular flexibility index (Phi) is 7.58. The lowest BCUT2D eigenvalue weighted by atomic mass is 9.68. The van der Waals surface area contributed by atoms with E-state index in [1.54, 1.807) is 0 Å². The second kappa shape index (κ2) is 8.67. The molecule has 0 aromatic heterocycles. The molecule has 1 N–H and O–H groups in total. The largest absolute Gasteiger partial charge is 0.389 e. The Morgan fingerprint density at radius 3 is 2.60 bits per heavy atom. The van der Waals surface area contributed by atoms with Crippen molar-refractivity contribution >= 4 is 0 Å². The highest BCUT2D eigenvalue weighted by Gasteiger charge is 2.34. The number of unbranched alkanes of at least 4 members (excludes halogenated alkanes) is 1. The van der Waals surface area contributed by atoms with Crippen molar-refractivity contribution < 1.29 is 5.11 Å². The molecule has 1 nitrogen and oxygen atoms in total. The summed E-state index contributed by atoms with van der Waals surface area (Å²) in [6.07, 6.45) is 10.9. The molecule has 0 spiro atoms. The maximum Gasteiger partial charge on any atom is 0.0754 e. The van der Waals surface area contributed by atoms with Gasteiger partial charge in [-0.1, -0.05) is 44.9 Å². The molecule has 1 fully saturated rings. The molecule has 116 valence electrons. The first-order chi connectivity index (χ1) is 9.45. The standard InChI is InChI=1S/C19H34O/c1-6-7-8-9-15(4)13-19(20)18-12-16(5)10-11-17(18)14(2)3/h6,13-14,16-20H,1,7-12H2,2-5H3/b15-13+/t16-,17+,18?,19?/m1/s1. The number of hydrogen-bond donors (Lipinski definition) is 1. The Balaban J connectivity index is 2.63. The smallest absolute Gasteiger partial charge is 0.0754 e. The Bertz CT molecular complexity index is 316. The van der Waals surface area contributed by atoms with Gasteiger partial charge in [0.1, 0.15) is 0 Å². The lowest BCUT2D eigenvalue weighted by molar-refractivity contribution is 0.0422. The maximum atomic E-state index is 10.6. The highest BCUT2D eigenvalue weighted by molar-refractivity contribution is 5.05. The number of aliphatic hydroxyl groups excluding tert-OH is 1. The van der Waals surface area contributed by atoms with Crippen LogP contribution >= 0.6 is 0 Å².